The van der Waals surface area contributed by atoms with Gasteiger partial charge in [0.2, 0.25) is 0 Å². The number of carbonyl (C=O) groups excluding carboxylic acids is 2. The molecule has 0 spiro atoms. The molecule has 0 aliphatic rings. The fourth-order valence-electron chi connectivity index (χ4n) is 1.09. The molecular weight excluding hydrogens is 180 g/mol. The van der Waals surface area contributed by atoms with Crippen molar-refractivity contribution in [2.75, 3.05) is 7.11 Å². The van der Waals surface area contributed by atoms with Gasteiger partial charge in [-0.2, -0.15) is 0 Å². The van der Waals surface area contributed by atoms with E-state index in [-0.39, 0.29) is 5.78 Å². The number of hydrogen-bond acceptors (Lipinski definition) is 3. The van der Waals surface area contributed by atoms with Crippen molar-refractivity contribution in [1.82, 2.24) is 0 Å². The van der Waals surface area contributed by atoms with Crippen molar-refractivity contribution in [3.8, 4) is 0 Å². The third-order valence-corrected chi connectivity index (χ3v) is 1.87. The fourth-order valence-corrected chi connectivity index (χ4v) is 1.09. The molecule has 1 unspecified atom stereocenters. The second-order valence-corrected chi connectivity index (χ2v) is 2.89. The maximum Gasteiger partial charge on any atom is 0.316 e. The maximum atomic E-state index is 11.5. The van der Waals surface area contributed by atoms with Gasteiger partial charge in [-0.3, -0.25) is 9.59 Å². The molecule has 0 bridgehead atoms. The van der Waals surface area contributed by atoms with Crippen molar-refractivity contribution in [2.45, 2.75) is 19.3 Å². The Bertz CT molecular complexity index is 231. The maximum absolute atomic E-state index is 11.5. The Morgan fingerprint density at radius 2 is 2.00 bits per heavy atom. The number of rotatable bonds is 7. The minimum atomic E-state index is -0.697. The van der Waals surface area contributed by atoms with E-state index in [0.717, 1.165) is 0 Å². The Kier molecular flexibility index (Phi) is 6.37. The van der Waals surface area contributed by atoms with Crippen LogP contribution in [0.4, 0.5) is 0 Å². The van der Waals surface area contributed by atoms with E-state index < -0.39 is 11.9 Å². The number of allylic oxidation sites excluding steroid dienone is 2. The summed E-state index contributed by atoms with van der Waals surface area (Å²) in [7, 11) is 1.28. The molecular formula is C11H16O3. The van der Waals surface area contributed by atoms with Crippen LogP contribution in [0.3, 0.4) is 0 Å². The van der Waals surface area contributed by atoms with Gasteiger partial charge in [0.15, 0.2) is 0 Å². The van der Waals surface area contributed by atoms with Crippen LogP contribution in [0.5, 0.6) is 0 Å². The zero-order valence-corrected chi connectivity index (χ0v) is 8.49. The average molecular weight is 196 g/mol. The van der Waals surface area contributed by atoms with Crippen LogP contribution >= 0.6 is 0 Å². The summed E-state index contributed by atoms with van der Waals surface area (Å²) in [6.07, 6.45) is 4.46. The van der Waals surface area contributed by atoms with Gasteiger partial charge in [0.05, 0.1) is 7.11 Å². The monoisotopic (exact) mass is 196 g/mol. The van der Waals surface area contributed by atoms with Crippen molar-refractivity contribution >= 4 is 11.8 Å². The highest BCUT2D eigenvalue weighted by Gasteiger charge is 2.24. The van der Waals surface area contributed by atoms with Gasteiger partial charge >= 0.3 is 5.97 Å². The van der Waals surface area contributed by atoms with Gasteiger partial charge < -0.3 is 4.74 Å². The van der Waals surface area contributed by atoms with E-state index in [1.165, 1.54) is 7.11 Å². The van der Waals surface area contributed by atoms with E-state index in [0.29, 0.717) is 19.3 Å². The summed E-state index contributed by atoms with van der Waals surface area (Å²) >= 11 is 0. The van der Waals surface area contributed by atoms with Crippen molar-refractivity contribution in [3.05, 3.63) is 25.3 Å². The lowest BCUT2D eigenvalue weighted by molar-refractivity contribution is -0.149. The first-order valence-corrected chi connectivity index (χ1v) is 4.49. The molecule has 0 N–H and O–H groups in total. The first-order chi connectivity index (χ1) is 6.67. The predicted octanol–water partition coefficient (Wildman–Crippen LogP) is 1.89. The Balaban J connectivity index is 4.31. The molecule has 0 heterocycles. The number of methoxy groups -OCH3 is 1. The van der Waals surface area contributed by atoms with Gasteiger partial charge in [-0.05, 0) is 12.8 Å². The van der Waals surface area contributed by atoms with Crippen LogP contribution in [-0.4, -0.2) is 18.9 Å². The van der Waals surface area contributed by atoms with Gasteiger partial charge in [0.1, 0.15) is 11.7 Å². The van der Waals surface area contributed by atoms with Crippen LogP contribution in [0, 0.1) is 5.92 Å². The molecule has 0 aliphatic heterocycles. The predicted molar refractivity (Wildman–Crippen MR) is 54.8 cm³/mol. The summed E-state index contributed by atoms with van der Waals surface area (Å²) in [5, 5.41) is 0. The molecule has 0 saturated heterocycles. The van der Waals surface area contributed by atoms with Gasteiger partial charge in [-0.15, -0.1) is 13.2 Å². The van der Waals surface area contributed by atoms with Crippen LogP contribution in [0.2, 0.25) is 0 Å². The molecule has 1 atom stereocenters. The summed E-state index contributed by atoms with van der Waals surface area (Å²) < 4.78 is 4.53. The van der Waals surface area contributed by atoms with Crippen LogP contribution in [0.25, 0.3) is 0 Å². The summed E-state index contributed by atoms with van der Waals surface area (Å²) in [6.45, 7) is 7.01. The molecule has 0 fully saturated rings. The molecule has 14 heavy (non-hydrogen) atoms. The third-order valence-electron chi connectivity index (χ3n) is 1.87. The molecule has 3 nitrogen and oxygen atoms in total. The highest BCUT2D eigenvalue weighted by molar-refractivity contribution is 5.99. The standard InChI is InChI=1S/C11H16O3/c1-4-6-8-10(12)9(7-5-2)11(13)14-3/h4-5,9H,1-2,6-8H2,3H3. The minimum absolute atomic E-state index is 0.114. The highest BCUT2D eigenvalue weighted by atomic mass is 16.5. The SMILES string of the molecule is C=CCCC(=O)C(CC=C)C(=O)OC. The van der Waals surface area contributed by atoms with Crippen LogP contribution < -0.4 is 0 Å². The van der Waals surface area contributed by atoms with Gasteiger partial charge in [-0.1, -0.05) is 12.2 Å². The Morgan fingerprint density at radius 3 is 2.43 bits per heavy atom. The lowest BCUT2D eigenvalue weighted by Gasteiger charge is -2.10. The van der Waals surface area contributed by atoms with Gasteiger partial charge in [0.25, 0.3) is 0 Å². The zero-order valence-electron chi connectivity index (χ0n) is 8.49. The van der Waals surface area contributed by atoms with Crippen molar-refractivity contribution < 1.29 is 14.3 Å². The van der Waals surface area contributed by atoms with E-state index >= 15 is 0 Å². The molecule has 0 aliphatic carbocycles. The molecule has 0 aromatic rings. The molecule has 0 aromatic carbocycles. The summed E-state index contributed by atoms with van der Waals surface area (Å²) in [5.41, 5.74) is 0. The number of carbonyl (C=O) groups is 2. The topological polar surface area (TPSA) is 43.4 Å². The molecule has 0 radical (unpaired) electrons. The van der Waals surface area contributed by atoms with Gasteiger partial charge in [-0.25, -0.2) is 0 Å². The lowest BCUT2D eigenvalue weighted by atomic mass is 9.97. The molecule has 78 valence electrons. The van der Waals surface area contributed by atoms with E-state index in [4.69, 9.17) is 0 Å². The fraction of sp³-hybridized carbons (Fsp3) is 0.455. The molecule has 0 saturated carbocycles. The van der Waals surface area contributed by atoms with E-state index in [1.807, 2.05) is 0 Å². The normalized spacial score (nSPS) is 11.5. The van der Waals surface area contributed by atoms with Crippen LogP contribution in [0.15, 0.2) is 25.3 Å². The summed E-state index contributed by atoms with van der Waals surface area (Å²) in [6, 6.07) is 0. The minimum Gasteiger partial charge on any atom is -0.468 e. The molecule has 0 aromatic heterocycles. The first-order valence-electron chi connectivity index (χ1n) is 4.49. The Morgan fingerprint density at radius 1 is 1.36 bits per heavy atom. The molecule has 0 rings (SSSR count). The van der Waals surface area contributed by atoms with E-state index in [9.17, 15) is 9.59 Å². The van der Waals surface area contributed by atoms with Crippen molar-refractivity contribution in [3.63, 3.8) is 0 Å². The molecule has 3 heteroatoms. The number of hydrogen-bond donors (Lipinski definition) is 0. The number of Topliss-reactive ketones (excluding diaryl/α,β-unsaturated/α-hetero) is 1. The number of esters is 1. The molecule has 0 amide bonds. The van der Waals surface area contributed by atoms with E-state index in [2.05, 4.69) is 17.9 Å². The second-order valence-electron chi connectivity index (χ2n) is 2.89. The first kappa shape index (κ1) is 12.6. The average Bonchev–Trinajstić information content (AvgIpc) is 2.21. The lowest BCUT2D eigenvalue weighted by Crippen LogP contribution is -2.24. The van der Waals surface area contributed by atoms with Crippen LogP contribution in [-0.2, 0) is 14.3 Å². The van der Waals surface area contributed by atoms with Crippen molar-refractivity contribution in [2.24, 2.45) is 5.92 Å². The van der Waals surface area contributed by atoms with Crippen LogP contribution in [0.1, 0.15) is 19.3 Å². The Labute approximate surface area is 84.4 Å². The second kappa shape index (κ2) is 7.06. The zero-order chi connectivity index (χ0) is 11.0. The number of ketones is 1. The van der Waals surface area contributed by atoms with Gasteiger partial charge in [0, 0.05) is 6.42 Å². The summed E-state index contributed by atoms with van der Waals surface area (Å²) in [5.74, 6) is -1.30. The smallest absolute Gasteiger partial charge is 0.316 e. The Hall–Kier alpha value is -1.38. The highest BCUT2D eigenvalue weighted by Crippen LogP contribution is 2.11. The van der Waals surface area contributed by atoms with Crippen molar-refractivity contribution in [1.29, 1.82) is 0 Å². The number of ether oxygens (including phenoxy) is 1. The third kappa shape index (κ3) is 4.03. The quantitative estimate of drug-likeness (QED) is 0.355. The largest absolute Gasteiger partial charge is 0.468 e. The van der Waals surface area contributed by atoms with E-state index in [1.54, 1.807) is 12.2 Å². The summed E-state index contributed by atoms with van der Waals surface area (Å²) in [4.78, 5) is 22.7.